The van der Waals surface area contributed by atoms with Crippen molar-refractivity contribution < 1.29 is 31.9 Å². The van der Waals surface area contributed by atoms with E-state index < -0.39 is 53.2 Å². The summed E-state index contributed by atoms with van der Waals surface area (Å²) in [7, 11) is 2.97. The maximum absolute atomic E-state index is 13.9. The van der Waals surface area contributed by atoms with Crippen molar-refractivity contribution in [3.8, 4) is 11.4 Å². The minimum absolute atomic E-state index is 0.00925. The van der Waals surface area contributed by atoms with Gasteiger partial charge in [-0.3, -0.25) is 19.2 Å². The molecule has 0 aliphatic heterocycles. The van der Waals surface area contributed by atoms with Crippen LogP contribution in [0.4, 0.5) is 23.2 Å². The molecule has 0 fully saturated rings. The van der Waals surface area contributed by atoms with Crippen molar-refractivity contribution in [2.45, 2.75) is 25.6 Å². The molecule has 3 aromatic carbocycles. The first-order valence-corrected chi connectivity index (χ1v) is 13.3. The van der Waals surface area contributed by atoms with Crippen LogP contribution in [0.5, 0.6) is 0 Å². The fraction of sp³-hybridized carbons (Fsp3) is 0.194. The van der Waals surface area contributed by atoms with Gasteiger partial charge in [0, 0.05) is 35.7 Å². The average Bonchev–Trinajstić information content (AvgIpc) is 3.01. The molecule has 1 atom stereocenters. The zero-order chi connectivity index (χ0) is 32.2. The Morgan fingerprint density at radius 1 is 0.932 bits per heavy atom. The highest BCUT2D eigenvalue weighted by Gasteiger charge is 2.32. The van der Waals surface area contributed by atoms with Gasteiger partial charge in [0.15, 0.2) is 5.78 Å². The normalized spacial score (nSPS) is 12.0. The van der Waals surface area contributed by atoms with Gasteiger partial charge in [-0.2, -0.15) is 13.2 Å². The monoisotopic (exact) mass is 609 g/mol. The number of aromatic amines is 1. The number of carbonyl (C=O) groups excluding carboxylic acids is 3. The molecular formula is C31H27F4N5O4. The molecule has 4 rings (SSSR count). The van der Waals surface area contributed by atoms with Crippen molar-refractivity contribution in [1.82, 2.24) is 20.6 Å². The summed E-state index contributed by atoms with van der Waals surface area (Å²) in [6.45, 7) is 1.54. The van der Waals surface area contributed by atoms with E-state index in [1.807, 2.05) is 0 Å². The van der Waals surface area contributed by atoms with Crippen LogP contribution in [0.3, 0.4) is 0 Å². The number of anilines is 1. The fourth-order valence-electron chi connectivity index (χ4n) is 4.28. The fourth-order valence-corrected chi connectivity index (χ4v) is 4.28. The summed E-state index contributed by atoms with van der Waals surface area (Å²) in [6.07, 6.45) is -5.23. The third-order valence-corrected chi connectivity index (χ3v) is 6.75. The number of benzene rings is 3. The minimum Gasteiger partial charge on any atom is -0.355 e. The molecule has 4 N–H and O–H groups in total. The molecule has 44 heavy (non-hydrogen) atoms. The summed E-state index contributed by atoms with van der Waals surface area (Å²) in [5, 5.41) is 7.70. The number of amides is 2. The van der Waals surface area contributed by atoms with Crippen LogP contribution in [-0.4, -0.2) is 47.7 Å². The van der Waals surface area contributed by atoms with Gasteiger partial charge in [0.05, 0.1) is 17.3 Å². The van der Waals surface area contributed by atoms with Gasteiger partial charge in [-0.15, -0.1) is 0 Å². The molecule has 1 aromatic heterocycles. The first-order valence-electron chi connectivity index (χ1n) is 13.3. The van der Waals surface area contributed by atoms with Crippen molar-refractivity contribution in [3.05, 3.63) is 116 Å². The number of nitrogens with zero attached hydrogens (tertiary/aromatic N) is 1. The van der Waals surface area contributed by atoms with E-state index in [1.165, 1.54) is 39.2 Å². The molecule has 13 heteroatoms. The summed E-state index contributed by atoms with van der Waals surface area (Å²) >= 11 is 0. The number of likely N-dealkylation sites (N-methyl/N-ethyl adjacent to an activating group) is 1. The van der Waals surface area contributed by atoms with Crippen LogP contribution in [0.2, 0.25) is 0 Å². The number of alkyl halides is 3. The van der Waals surface area contributed by atoms with Gasteiger partial charge in [0.2, 0.25) is 5.91 Å². The molecule has 9 nitrogen and oxygen atoms in total. The minimum atomic E-state index is -4.83. The second-order valence-electron chi connectivity index (χ2n) is 9.82. The summed E-state index contributed by atoms with van der Waals surface area (Å²) < 4.78 is 55.2. The first kappa shape index (κ1) is 31.8. The number of carbonyl (C=O) groups is 3. The van der Waals surface area contributed by atoms with Crippen LogP contribution >= 0.6 is 0 Å². The number of hydrogen-bond acceptors (Lipinski definition) is 6. The lowest BCUT2D eigenvalue weighted by Gasteiger charge is -2.16. The Hall–Kier alpha value is -5.17. The van der Waals surface area contributed by atoms with E-state index in [-0.39, 0.29) is 39.5 Å². The van der Waals surface area contributed by atoms with E-state index in [2.05, 4.69) is 25.9 Å². The number of aromatic nitrogens is 2. The lowest BCUT2D eigenvalue weighted by Crippen LogP contribution is -2.37. The summed E-state index contributed by atoms with van der Waals surface area (Å²) in [5.74, 6) is -2.41. The Balaban J connectivity index is 1.86. The first-order chi connectivity index (χ1) is 20.8. The van der Waals surface area contributed by atoms with Crippen LogP contribution in [0.15, 0.2) is 71.5 Å². The van der Waals surface area contributed by atoms with E-state index in [1.54, 1.807) is 12.1 Å². The number of ketones is 1. The third-order valence-electron chi connectivity index (χ3n) is 6.75. The smallest absolute Gasteiger partial charge is 0.355 e. The maximum Gasteiger partial charge on any atom is 0.416 e. The highest BCUT2D eigenvalue weighted by atomic mass is 19.4. The predicted molar refractivity (Wildman–Crippen MR) is 155 cm³/mol. The highest BCUT2D eigenvalue weighted by molar-refractivity contribution is 6.09. The Labute approximate surface area is 248 Å². The standard InChI is InChI=1S/C31H27F4N5O4/c1-16(36-2)28(42)39-25-24(38-27(40-30(25)44)19-5-4-6-20(14-19)29(43)37-3)13-17-11-21(15-22(12-17)31(33,34)35)26(41)18-7-9-23(32)10-8-18/h4-12,14-16,36H,13H2,1-3H3,(H,37,43)(H,39,42)(H,38,40,44)/t16-/m0/s1. The molecule has 0 saturated heterocycles. The zero-order valence-electron chi connectivity index (χ0n) is 23.7. The van der Waals surface area contributed by atoms with E-state index in [0.717, 1.165) is 30.3 Å². The molecule has 0 aliphatic rings. The summed E-state index contributed by atoms with van der Waals surface area (Å²) in [6, 6.07) is 12.5. The third kappa shape index (κ3) is 7.24. The second-order valence-corrected chi connectivity index (χ2v) is 9.82. The lowest BCUT2D eigenvalue weighted by molar-refractivity contribution is -0.137. The van der Waals surface area contributed by atoms with Crippen molar-refractivity contribution in [2.24, 2.45) is 0 Å². The maximum atomic E-state index is 13.9. The average molecular weight is 610 g/mol. The van der Waals surface area contributed by atoms with Crippen molar-refractivity contribution in [2.75, 3.05) is 19.4 Å². The molecule has 1 heterocycles. The molecule has 4 aromatic rings. The predicted octanol–water partition coefficient (Wildman–Crippen LogP) is 4.32. The van der Waals surface area contributed by atoms with Crippen molar-refractivity contribution in [1.29, 1.82) is 0 Å². The van der Waals surface area contributed by atoms with E-state index in [4.69, 9.17) is 0 Å². The zero-order valence-corrected chi connectivity index (χ0v) is 23.7. The summed E-state index contributed by atoms with van der Waals surface area (Å²) in [4.78, 5) is 58.3. The van der Waals surface area contributed by atoms with Gasteiger partial charge in [-0.1, -0.05) is 12.1 Å². The number of H-pyrrole nitrogens is 1. The Bertz CT molecular complexity index is 1790. The SMILES string of the molecule is CNC(=O)c1cccc(-c2nc(Cc3cc(C(=O)c4ccc(F)cc4)cc(C(F)(F)F)c3)c(NC(=O)[C@H](C)NC)c(=O)[nH]2)c1. The molecular weight excluding hydrogens is 582 g/mol. The summed E-state index contributed by atoms with van der Waals surface area (Å²) in [5.41, 5.74) is -2.11. The van der Waals surface area contributed by atoms with Crippen molar-refractivity contribution >= 4 is 23.3 Å². The van der Waals surface area contributed by atoms with Gasteiger partial charge in [-0.05, 0) is 74.1 Å². The van der Waals surface area contributed by atoms with Gasteiger partial charge in [-0.25, -0.2) is 9.37 Å². The molecule has 0 bridgehead atoms. The molecule has 0 aliphatic carbocycles. The van der Waals surface area contributed by atoms with Gasteiger partial charge in [0.1, 0.15) is 17.3 Å². The van der Waals surface area contributed by atoms with Crippen LogP contribution < -0.4 is 21.5 Å². The van der Waals surface area contributed by atoms with Crippen LogP contribution in [0.25, 0.3) is 11.4 Å². The quantitative estimate of drug-likeness (QED) is 0.165. The van der Waals surface area contributed by atoms with Gasteiger partial charge >= 0.3 is 6.18 Å². The second kappa shape index (κ2) is 13.0. The molecule has 0 spiro atoms. The van der Waals surface area contributed by atoms with Gasteiger partial charge < -0.3 is 20.9 Å². The van der Waals surface area contributed by atoms with Crippen LogP contribution in [0.1, 0.15) is 50.0 Å². The molecule has 0 saturated carbocycles. The number of hydrogen-bond donors (Lipinski definition) is 4. The Morgan fingerprint density at radius 2 is 1.64 bits per heavy atom. The van der Waals surface area contributed by atoms with E-state index in [9.17, 15) is 36.7 Å². The topological polar surface area (TPSA) is 133 Å². The molecule has 0 radical (unpaired) electrons. The Kier molecular flexibility index (Phi) is 9.38. The van der Waals surface area contributed by atoms with E-state index in [0.29, 0.717) is 11.6 Å². The van der Waals surface area contributed by atoms with Crippen LogP contribution in [0, 0.1) is 5.82 Å². The van der Waals surface area contributed by atoms with E-state index >= 15 is 0 Å². The molecule has 2 amide bonds. The Morgan fingerprint density at radius 3 is 2.27 bits per heavy atom. The largest absolute Gasteiger partial charge is 0.416 e. The van der Waals surface area contributed by atoms with Crippen molar-refractivity contribution in [3.63, 3.8) is 0 Å². The number of halogens is 4. The lowest BCUT2D eigenvalue weighted by atomic mass is 9.96. The number of nitrogens with one attached hydrogen (secondary N) is 4. The highest BCUT2D eigenvalue weighted by Crippen LogP contribution is 2.32. The van der Waals surface area contributed by atoms with Gasteiger partial charge in [0.25, 0.3) is 11.5 Å². The molecule has 0 unspecified atom stereocenters. The van der Waals surface area contributed by atoms with Crippen LogP contribution in [-0.2, 0) is 17.4 Å². The number of rotatable bonds is 9. The molecule has 228 valence electrons.